The molecule has 0 radical (unpaired) electrons. The third kappa shape index (κ3) is 3.36. The average molecular weight is 379 g/mol. The zero-order chi connectivity index (χ0) is 19.7. The van der Waals surface area contributed by atoms with Gasteiger partial charge in [-0.05, 0) is 48.7 Å². The van der Waals surface area contributed by atoms with Crippen LogP contribution in [0.5, 0.6) is 0 Å². The molecule has 2 heterocycles. The lowest BCUT2D eigenvalue weighted by Crippen LogP contribution is -2.26. The van der Waals surface area contributed by atoms with Gasteiger partial charge in [0.1, 0.15) is 5.82 Å². The highest BCUT2D eigenvalue weighted by Gasteiger charge is 2.32. The van der Waals surface area contributed by atoms with Crippen molar-refractivity contribution in [2.75, 3.05) is 10.2 Å². The summed E-state index contributed by atoms with van der Waals surface area (Å²) in [5.74, 6) is -0.352. The summed E-state index contributed by atoms with van der Waals surface area (Å²) in [4.78, 5) is 17.9. The van der Waals surface area contributed by atoms with Gasteiger partial charge in [0.25, 0.3) is 5.95 Å². The monoisotopic (exact) mass is 379 g/mol. The molecule has 1 aliphatic heterocycles. The minimum atomic E-state index is -0.949. The third-order valence-corrected chi connectivity index (χ3v) is 4.71. The summed E-state index contributed by atoms with van der Waals surface area (Å²) in [5.41, 5.74) is 2.62. The number of nitrogens with one attached hydrogen (secondary N) is 1. The van der Waals surface area contributed by atoms with Gasteiger partial charge in [0, 0.05) is 18.3 Å². The summed E-state index contributed by atoms with van der Waals surface area (Å²) in [6.07, 6.45) is 2.08. The fourth-order valence-corrected chi connectivity index (χ4v) is 3.47. The number of carboxylic acids is 1. The number of aromatic nitrogens is 3. The summed E-state index contributed by atoms with van der Waals surface area (Å²) in [6.45, 7) is 2.38. The summed E-state index contributed by atoms with van der Waals surface area (Å²) >= 11 is 0. The SMILES string of the molecule is CC1Cc2c(C(=O)O)cccc2N1c1nncc(NCc2cccc(F)c2)n1. The number of anilines is 3. The van der Waals surface area contributed by atoms with Crippen molar-refractivity contribution in [1.82, 2.24) is 15.2 Å². The Hall–Kier alpha value is -3.55. The molecule has 28 heavy (non-hydrogen) atoms. The van der Waals surface area contributed by atoms with Gasteiger partial charge in [-0.1, -0.05) is 18.2 Å². The molecule has 4 rings (SSSR count). The Morgan fingerprint density at radius 3 is 2.93 bits per heavy atom. The normalized spacial score (nSPS) is 15.4. The van der Waals surface area contributed by atoms with Gasteiger partial charge in [0.05, 0.1) is 11.8 Å². The molecule has 0 amide bonds. The molecular weight excluding hydrogens is 361 g/mol. The van der Waals surface area contributed by atoms with E-state index >= 15 is 0 Å². The molecule has 3 aromatic rings. The lowest BCUT2D eigenvalue weighted by molar-refractivity contribution is 0.0696. The minimum Gasteiger partial charge on any atom is -0.478 e. The minimum absolute atomic E-state index is 0.00392. The van der Waals surface area contributed by atoms with Crippen LogP contribution in [-0.4, -0.2) is 32.3 Å². The van der Waals surface area contributed by atoms with Crippen molar-refractivity contribution < 1.29 is 14.3 Å². The molecule has 8 heteroatoms. The molecule has 1 aliphatic rings. The number of hydrogen-bond donors (Lipinski definition) is 2. The molecule has 0 aliphatic carbocycles. The fourth-order valence-electron chi connectivity index (χ4n) is 3.47. The lowest BCUT2D eigenvalue weighted by atomic mass is 10.0. The molecule has 142 valence electrons. The van der Waals surface area contributed by atoms with E-state index in [0.717, 1.165) is 16.8 Å². The predicted molar refractivity (Wildman–Crippen MR) is 102 cm³/mol. The van der Waals surface area contributed by atoms with E-state index < -0.39 is 5.97 Å². The maximum absolute atomic E-state index is 13.3. The second kappa shape index (κ2) is 7.22. The van der Waals surface area contributed by atoms with Crippen LogP contribution in [0.3, 0.4) is 0 Å². The van der Waals surface area contributed by atoms with Crippen LogP contribution in [0.15, 0.2) is 48.7 Å². The number of aromatic carboxylic acids is 1. The Bertz CT molecular complexity index is 1040. The molecule has 1 atom stereocenters. The van der Waals surface area contributed by atoms with Crippen molar-refractivity contribution in [1.29, 1.82) is 0 Å². The average Bonchev–Trinajstić information content (AvgIpc) is 3.02. The van der Waals surface area contributed by atoms with E-state index in [-0.39, 0.29) is 11.9 Å². The van der Waals surface area contributed by atoms with Gasteiger partial charge in [0.2, 0.25) is 0 Å². The number of carbonyl (C=O) groups is 1. The highest BCUT2D eigenvalue weighted by atomic mass is 19.1. The summed E-state index contributed by atoms with van der Waals surface area (Å²) in [7, 11) is 0. The molecule has 1 unspecified atom stereocenters. The van der Waals surface area contributed by atoms with Crippen LogP contribution in [0.1, 0.15) is 28.4 Å². The molecule has 0 bridgehead atoms. The Morgan fingerprint density at radius 2 is 2.14 bits per heavy atom. The second-order valence-corrected chi connectivity index (χ2v) is 6.66. The molecule has 0 saturated heterocycles. The Labute approximate surface area is 160 Å². The summed E-state index contributed by atoms with van der Waals surface area (Å²) in [6, 6.07) is 11.5. The largest absolute Gasteiger partial charge is 0.478 e. The standard InChI is InChI=1S/C20H18FN5O2/c1-12-8-16-15(19(27)28)6-3-7-17(16)26(12)20-24-18(11-23-25-20)22-10-13-4-2-5-14(21)9-13/h2-7,9,11-12H,8,10H2,1H3,(H,27,28)(H,22,24,25). The number of rotatable bonds is 5. The van der Waals surface area contributed by atoms with Crippen molar-refractivity contribution in [3.63, 3.8) is 0 Å². The molecular formula is C20H18FN5O2. The Kier molecular flexibility index (Phi) is 4.60. The molecule has 0 saturated carbocycles. The number of halogens is 1. The number of hydrogen-bond acceptors (Lipinski definition) is 6. The second-order valence-electron chi connectivity index (χ2n) is 6.66. The number of nitrogens with zero attached hydrogens (tertiary/aromatic N) is 4. The van der Waals surface area contributed by atoms with E-state index in [1.807, 2.05) is 24.0 Å². The van der Waals surface area contributed by atoms with Gasteiger partial charge in [-0.15, -0.1) is 5.10 Å². The molecule has 1 aromatic heterocycles. The van der Waals surface area contributed by atoms with Crippen LogP contribution < -0.4 is 10.2 Å². The maximum atomic E-state index is 13.3. The molecule has 7 nitrogen and oxygen atoms in total. The first-order valence-electron chi connectivity index (χ1n) is 8.85. The zero-order valence-corrected chi connectivity index (χ0v) is 15.1. The van der Waals surface area contributed by atoms with Crippen LogP contribution in [0.2, 0.25) is 0 Å². The van der Waals surface area contributed by atoms with Gasteiger partial charge < -0.3 is 15.3 Å². The third-order valence-electron chi connectivity index (χ3n) is 4.71. The van der Waals surface area contributed by atoms with E-state index in [0.29, 0.717) is 30.3 Å². The van der Waals surface area contributed by atoms with Crippen LogP contribution in [0.4, 0.5) is 21.8 Å². The van der Waals surface area contributed by atoms with Crippen LogP contribution in [0, 0.1) is 5.82 Å². The number of benzene rings is 2. The smallest absolute Gasteiger partial charge is 0.336 e. The van der Waals surface area contributed by atoms with Crippen molar-refractivity contribution in [3.8, 4) is 0 Å². The molecule has 2 N–H and O–H groups in total. The van der Waals surface area contributed by atoms with E-state index in [9.17, 15) is 14.3 Å². The van der Waals surface area contributed by atoms with Crippen molar-refractivity contribution in [2.45, 2.75) is 25.9 Å². The van der Waals surface area contributed by atoms with Gasteiger partial charge in [-0.3, -0.25) is 0 Å². The van der Waals surface area contributed by atoms with E-state index in [2.05, 4.69) is 20.5 Å². The van der Waals surface area contributed by atoms with Crippen LogP contribution in [-0.2, 0) is 13.0 Å². The van der Waals surface area contributed by atoms with Crippen LogP contribution >= 0.6 is 0 Å². The molecule has 2 aromatic carbocycles. The maximum Gasteiger partial charge on any atom is 0.336 e. The summed E-state index contributed by atoms with van der Waals surface area (Å²) in [5, 5.41) is 20.7. The number of fused-ring (bicyclic) bond motifs is 1. The highest BCUT2D eigenvalue weighted by molar-refractivity contribution is 5.92. The quantitative estimate of drug-likeness (QED) is 0.702. The highest BCUT2D eigenvalue weighted by Crippen LogP contribution is 2.38. The Morgan fingerprint density at radius 1 is 1.32 bits per heavy atom. The first kappa shape index (κ1) is 17.8. The number of carboxylic acid groups (broad SMARTS) is 1. The van der Waals surface area contributed by atoms with Gasteiger partial charge in [0.15, 0.2) is 5.82 Å². The van der Waals surface area contributed by atoms with Crippen molar-refractivity contribution in [3.05, 3.63) is 71.2 Å². The lowest BCUT2D eigenvalue weighted by Gasteiger charge is -2.22. The first-order chi connectivity index (χ1) is 13.5. The fraction of sp³-hybridized carbons (Fsp3) is 0.200. The Balaban J connectivity index is 1.60. The van der Waals surface area contributed by atoms with Gasteiger partial charge >= 0.3 is 5.97 Å². The van der Waals surface area contributed by atoms with E-state index in [1.165, 1.54) is 18.3 Å². The van der Waals surface area contributed by atoms with Crippen molar-refractivity contribution in [2.24, 2.45) is 0 Å². The van der Waals surface area contributed by atoms with Crippen LogP contribution in [0.25, 0.3) is 0 Å². The zero-order valence-electron chi connectivity index (χ0n) is 15.1. The predicted octanol–water partition coefficient (Wildman–Crippen LogP) is 3.40. The van der Waals surface area contributed by atoms with Gasteiger partial charge in [-0.25, -0.2) is 9.18 Å². The topological polar surface area (TPSA) is 91.2 Å². The van der Waals surface area contributed by atoms with E-state index in [1.54, 1.807) is 18.2 Å². The van der Waals surface area contributed by atoms with E-state index in [4.69, 9.17) is 0 Å². The first-order valence-corrected chi connectivity index (χ1v) is 8.85. The molecule has 0 fully saturated rings. The van der Waals surface area contributed by atoms with Crippen molar-refractivity contribution >= 4 is 23.4 Å². The van der Waals surface area contributed by atoms with Gasteiger partial charge in [-0.2, -0.15) is 10.1 Å². The molecule has 0 spiro atoms. The summed E-state index contributed by atoms with van der Waals surface area (Å²) < 4.78 is 13.3.